The van der Waals surface area contributed by atoms with Crippen molar-refractivity contribution in [3.63, 3.8) is 0 Å². The van der Waals surface area contributed by atoms with Crippen LogP contribution in [0.15, 0.2) is 30.3 Å². The van der Waals surface area contributed by atoms with Crippen molar-refractivity contribution < 1.29 is 0 Å². The molecule has 0 aliphatic heterocycles. The van der Waals surface area contributed by atoms with Crippen molar-refractivity contribution in [3.05, 3.63) is 36.0 Å². The third kappa shape index (κ3) is 6.25. The molecule has 1 N–H and O–H groups in total. The van der Waals surface area contributed by atoms with Crippen LogP contribution < -0.4 is 0 Å². The van der Waals surface area contributed by atoms with Gasteiger partial charge in [0.2, 0.25) is 0 Å². The maximum Gasteiger partial charge on any atom is 0.0456 e. The van der Waals surface area contributed by atoms with E-state index in [4.69, 9.17) is 0 Å². The van der Waals surface area contributed by atoms with E-state index in [9.17, 15) is 0 Å². The lowest BCUT2D eigenvalue weighted by molar-refractivity contribution is 0.549. The summed E-state index contributed by atoms with van der Waals surface area (Å²) in [5, 5.41) is 1.35. The van der Waals surface area contributed by atoms with Gasteiger partial charge in [-0.3, -0.25) is 0 Å². The lowest BCUT2D eigenvalue weighted by Gasteiger charge is -2.02. The van der Waals surface area contributed by atoms with Gasteiger partial charge in [-0.25, -0.2) is 0 Å². The van der Waals surface area contributed by atoms with E-state index in [-0.39, 0.29) is 0 Å². The molecule has 22 heavy (non-hydrogen) atoms. The van der Waals surface area contributed by atoms with Crippen LogP contribution in [0.3, 0.4) is 0 Å². The summed E-state index contributed by atoms with van der Waals surface area (Å²) in [6.45, 7) is 2.29. The Labute approximate surface area is 136 Å². The molecular weight excluding hydrogens is 266 g/mol. The molecule has 0 fully saturated rings. The van der Waals surface area contributed by atoms with Crippen LogP contribution in [0.25, 0.3) is 10.9 Å². The number of fused-ring (bicyclic) bond motifs is 1. The van der Waals surface area contributed by atoms with Gasteiger partial charge >= 0.3 is 0 Å². The summed E-state index contributed by atoms with van der Waals surface area (Å²) >= 11 is 0. The Morgan fingerprint density at radius 2 is 1.32 bits per heavy atom. The minimum atomic E-state index is 1.20. The first-order chi connectivity index (χ1) is 10.9. The van der Waals surface area contributed by atoms with E-state index in [1.165, 1.54) is 93.6 Å². The normalized spacial score (nSPS) is 11.3. The number of hydrogen-bond donors (Lipinski definition) is 1. The highest BCUT2D eigenvalue weighted by Crippen LogP contribution is 2.17. The Bertz CT molecular complexity index is 478. The molecule has 1 nitrogen and oxygen atoms in total. The van der Waals surface area contributed by atoms with Crippen LogP contribution in [0.4, 0.5) is 0 Å². The number of aromatic nitrogens is 1. The minimum absolute atomic E-state index is 1.20. The van der Waals surface area contributed by atoms with Gasteiger partial charge in [-0.05, 0) is 30.4 Å². The summed E-state index contributed by atoms with van der Waals surface area (Å²) in [6.07, 6.45) is 16.8. The quantitative estimate of drug-likeness (QED) is 0.405. The molecular formula is C21H33N. The van der Waals surface area contributed by atoms with Gasteiger partial charge in [-0.1, -0.05) is 89.3 Å². The van der Waals surface area contributed by atoms with E-state index >= 15 is 0 Å². The van der Waals surface area contributed by atoms with Crippen LogP contribution >= 0.6 is 0 Å². The highest BCUT2D eigenvalue weighted by Gasteiger charge is 1.99. The summed E-state index contributed by atoms with van der Waals surface area (Å²) in [5.41, 5.74) is 2.68. The molecule has 0 aliphatic carbocycles. The molecule has 0 radical (unpaired) electrons. The topological polar surface area (TPSA) is 15.8 Å². The molecule has 0 spiro atoms. The second-order valence-corrected chi connectivity index (χ2v) is 6.67. The molecule has 0 atom stereocenters. The Balaban J connectivity index is 1.46. The fraction of sp³-hybridized carbons (Fsp3) is 0.619. The van der Waals surface area contributed by atoms with Gasteiger partial charge in [0.05, 0.1) is 0 Å². The monoisotopic (exact) mass is 299 g/mol. The average molecular weight is 300 g/mol. The standard InChI is InChI=1S/C21H33N/c1-2-3-4-5-6-7-8-9-10-11-12-16-20-18-19-15-13-14-17-21(19)22-20/h13-15,17-18,22H,2-12,16H2,1H3. The molecule has 0 amide bonds. The zero-order chi connectivity index (χ0) is 15.5. The number of aromatic amines is 1. The molecule has 0 bridgehead atoms. The highest BCUT2D eigenvalue weighted by molar-refractivity contribution is 5.80. The van der Waals surface area contributed by atoms with Gasteiger partial charge in [0.1, 0.15) is 0 Å². The first kappa shape index (κ1) is 17.1. The van der Waals surface area contributed by atoms with Crippen molar-refractivity contribution in [2.45, 2.75) is 84.0 Å². The van der Waals surface area contributed by atoms with Gasteiger partial charge in [0.25, 0.3) is 0 Å². The number of rotatable bonds is 12. The number of aryl methyl sites for hydroxylation is 1. The van der Waals surface area contributed by atoms with Gasteiger partial charge < -0.3 is 4.98 Å². The molecule has 2 aromatic rings. The molecule has 122 valence electrons. The summed E-state index contributed by atoms with van der Waals surface area (Å²) in [5.74, 6) is 0. The maximum atomic E-state index is 3.53. The van der Waals surface area contributed by atoms with Gasteiger partial charge in [-0.2, -0.15) is 0 Å². The van der Waals surface area contributed by atoms with Crippen molar-refractivity contribution >= 4 is 10.9 Å². The summed E-state index contributed by atoms with van der Waals surface area (Å²) < 4.78 is 0. The van der Waals surface area contributed by atoms with Crippen LogP contribution in [0.2, 0.25) is 0 Å². The molecule has 0 saturated heterocycles. The summed E-state index contributed by atoms with van der Waals surface area (Å²) in [4.78, 5) is 3.53. The molecule has 1 aromatic heterocycles. The average Bonchev–Trinajstić information content (AvgIpc) is 2.95. The number of hydrogen-bond acceptors (Lipinski definition) is 0. The second kappa shape index (κ2) is 10.5. The lowest BCUT2D eigenvalue weighted by Crippen LogP contribution is -1.86. The van der Waals surface area contributed by atoms with Crippen molar-refractivity contribution in [2.24, 2.45) is 0 Å². The van der Waals surface area contributed by atoms with Gasteiger partial charge in [-0.15, -0.1) is 0 Å². The van der Waals surface area contributed by atoms with Crippen LogP contribution in [0.5, 0.6) is 0 Å². The molecule has 1 aromatic carbocycles. The molecule has 0 saturated carbocycles. The predicted molar refractivity (Wildman–Crippen MR) is 98.5 cm³/mol. The zero-order valence-corrected chi connectivity index (χ0v) is 14.4. The van der Waals surface area contributed by atoms with E-state index in [0.717, 1.165) is 0 Å². The Kier molecular flexibility index (Phi) is 8.15. The third-order valence-electron chi connectivity index (χ3n) is 4.64. The largest absolute Gasteiger partial charge is 0.358 e. The fourth-order valence-electron chi connectivity index (χ4n) is 3.25. The SMILES string of the molecule is CCCCCCCCCCCCCc1cc2ccccc2[nH]1. The minimum Gasteiger partial charge on any atom is -0.358 e. The van der Waals surface area contributed by atoms with Crippen molar-refractivity contribution in [3.8, 4) is 0 Å². The molecule has 2 rings (SSSR count). The first-order valence-electron chi connectivity index (χ1n) is 9.47. The van der Waals surface area contributed by atoms with Crippen LogP contribution in [0.1, 0.15) is 83.2 Å². The van der Waals surface area contributed by atoms with E-state index in [0.29, 0.717) is 0 Å². The first-order valence-corrected chi connectivity index (χ1v) is 9.47. The molecule has 1 heteroatoms. The summed E-state index contributed by atoms with van der Waals surface area (Å²) in [7, 11) is 0. The number of H-pyrrole nitrogens is 1. The van der Waals surface area contributed by atoms with Gasteiger partial charge in [0, 0.05) is 11.2 Å². The molecule has 0 aliphatic rings. The van der Waals surface area contributed by atoms with Crippen LogP contribution in [-0.2, 0) is 6.42 Å². The lowest BCUT2D eigenvalue weighted by atomic mass is 10.0. The van der Waals surface area contributed by atoms with Crippen molar-refractivity contribution in [2.75, 3.05) is 0 Å². The number of para-hydroxylation sites is 1. The van der Waals surface area contributed by atoms with Crippen LogP contribution in [0, 0.1) is 0 Å². The second-order valence-electron chi connectivity index (χ2n) is 6.67. The highest BCUT2D eigenvalue weighted by atomic mass is 14.7. The maximum absolute atomic E-state index is 3.53. The molecule has 0 unspecified atom stereocenters. The Morgan fingerprint density at radius 3 is 1.95 bits per heavy atom. The number of unbranched alkanes of at least 4 members (excludes halogenated alkanes) is 10. The zero-order valence-electron chi connectivity index (χ0n) is 14.4. The Morgan fingerprint density at radius 1 is 0.727 bits per heavy atom. The van der Waals surface area contributed by atoms with Crippen LogP contribution in [-0.4, -0.2) is 4.98 Å². The van der Waals surface area contributed by atoms with Crippen molar-refractivity contribution in [1.82, 2.24) is 4.98 Å². The van der Waals surface area contributed by atoms with Gasteiger partial charge in [0.15, 0.2) is 0 Å². The van der Waals surface area contributed by atoms with E-state index in [1.807, 2.05) is 0 Å². The third-order valence-corrected chi connectivity index (χ3v) is 4.64. The van der Waals surface area contributed by atoms with E-state index < -0.39 is 0 Å². The van der Waals surface area contributed by atoms with Crippen molar-refractivity contribution in [1.29, 1.82) is 0 Å². The summed E-state index contributed by atoms with van der Waals surface area (Å²) in [6, 6.07) is 10.9. The van der Waals surface area contributed by atoms with E-state index in [2.05, 4.69) is 42.2 Å². The predicted octanol–water partition coefficient (Wildman–Crippen LogP) is 7.02. The number of benzene rings is 1. The molecule has 1 heterocycles. The fourth-order valence-corrected chi connectivity index (χ4v) is 3.25. The number of nitrogens with one attached hydrogen (secondary N) is 1. The Hall–Kier alpha value is -1.24. The van der Waals surface area contributed by atoms with E-state index in [1.54, 1.807) is 0 Å². The smallest absolute Gasteiger partial charge is 0.0456 e.